The lowest BCUT2D eigenvalue weighted by Crippen LogP contribution is -2.13. The van der Waals surface area contributed by atoms with E-state index in [-0.39, 0.29) is 5.91 Å². The molecule has 0 aliphatic heterocycles. The lowest BCUT2D eigenvalue weighted by molar-refractivity contribution is 0.102. The van der Waals surface area contributed by atoms with Crippen molar-refractivity contribution in [2.75, 3.05) is 17.7 Å². The smallest absolute Gasteiger partial charge is 0.255 e. The summed E-state index contributed by atoms with van der Waals surface area (Å²) in [4.78, 5) is 20.8. The summed E-state index contributed by atoms with van der Waals surface area (Å²) in [7, 11) is 1.79. The van der Waals surface area contributed by atoms with Gasteiger partial charge in [-0.1, -0.05) is 6.92 Å². The molecule has 2 heterocycles. The number of aryl methyl sites for hydroxylation is 2. The molecule has 0 saturated heterocycles. The SMILES string of the molecule is CCc1cc(C(=O)Nc2ccc(C)nc2)cc(NC)n1. The zero-order valence-electron chi connectivity index (χ0n) is 11.9. The highest BCUT2D eigenvalue weighted by Gasteiger charge is 2.09. The molecule has 0 aliphatic rings. The van der Waals surface area contributed by atoms with E-state index in [0.29, 0.717) is 17.1 Å². The number of anilines is 2. The molecule has 2 rings (SSSR count). The highest BCUT2D eigenvalue weighted by molar-refractivity contribution is 6.04. The Morgan fingerprint density at radius 2 is 2.10 bits per heavy atom. The quantitative estimate of drug-likeness (QED) is 0.896. The Bertz CT molecular complexity index is 586. The lowest BCUT2D eigenvalue weighted by Gasteiger charge is -2.08. The van der Waals surface area contributed by atoms with Crippen LogP contribution < -0.4 is 10.6 Å². The van der Waals surface area contributed by atoms with Crippen molar-refractivity contribution in [1.82, 2.24) is 9.97 Å². The lowest BCUT2D eigenvalue weighted by atomic mass is 10.1. The van der Waals surface area contributed by atoms with Gasteiger partial charge in [-0.25, -0.2) is 4.98 Å². The first kappa shape index (κ1) is 14.0. The van der Waals surface area contributed by atoms with E-state index >= 15 is 0 Å². The van der Waals surface area contributed by atoms with Gasteiger partial charge in [-0.3, -0.25) is 9.78 Å². The average molecular weight is 270 g/mol. The standard InChI is InChI=1S/C15H18N4O/c1-4-12-7-11(8-14(16-3)18-12)15(20)19-13-6-5-10(2)17-9-13/h5-9H,4H2,1-3H3,(H,16,18)(H,19,20). The molecule has 5 nitrogen and oxygen atoms in total. The predicted molar refractivity (Wildman–Crippen MR) is 80.1 cm³/mol. The van der Waals surface area contributed by atoms with Gasteiger partial charge in [-0.2, -0.15) is 0 Å². The van der Waals surface area contributed by atoms with Crippen molar-refractivity contribution in [2.45, 2.75) is 20.3 Å². The van der Waals surface area contributed by atoms with E-state index in [4.69, 9.17) is 0 Å². The Labute approximate surface area is 118 Å². The third-order valence-corrected chi connectivity index (χ3v) is 2.93. The number of pyridine rings is 2. The summed E-state index contributed by atoms with van der Waals surface area (Å²) < 4.78 is 0. The van der Waals surface area contributed by atoms with Crippen molar-refractivity contribution in [2.24, 2.45) is 0 Å². The molecule has 2 aromatic heterocycles. The summed E-state index contributed by atoms with van der Waals surface area (Å²) in [6, 6.07) is 7.23. The van der Waals surface area contributed by atoms with E-state index in [1.54, 1.807) is 25.4 Å². The molecule has 0 saturated carbocycles. The molecule has 104 valence electrons. The first-order valence-electron chi connectivity index (χ1n) is 6.55. The van der Waals surface area contributed by atoms with E-state index in [0.717, 1.165) is 17.8 Å². The van der Waals surface area contributed by atoms with Crippen LogP contribution in [0.1, 0.15) is 28.7 Å². The summed E-state index contributed by atoms with van der Waals surface area (Å²) in [5.41, 5.74) is 3.06. The molecule has 5 heteroatoms. The largest absolute Gasteiger partial charge is 0.373 e. The van der Waals surface area contributed by atoms with E-state index in [9.17, 15) is 4.79 Å². The van der Waals surface area contributed by atoms with Gasteiger partial charge in [-0.05, 0) is 37.6 Å². The molecule has 0 unspecified atom stereocenters. The molecule has 0 spiro atoms. The Hall–Kier alpha value is -2.43. The first-order valence-corrected chi connectivity index (χ1v) is 6.55. The Morgan fingerprint density at radius 3 is 2.70 bits per heavy atom. The van der Waals surface area contributed by atoms with Gasteiger partial charge in [0.1, 0.15) is 5.82 Å². The first-order chi connectivity index (χ1) is 9.62. The van der Waals surface area contributed by atoms with Crippen LogP contribution in [0.5, 0.6) is 0 Å². The third-order valence-electron chi connectivity index (χ3n) is 2.93. The second kappa shape index (κ2) is 6.14. The van der Waals surface area contributed by atoms with Crippen LogP contribution in [0.25, 0.3) is 0 Å². The second-order valence-corrected chi connectivity index (χ2v) is 4.48. The van der Waals surface area contributed by atoms with Crippen LogP contribution in [0, 0.1) is 6.92 Å². The fraction of sp³-hybridized carbons (Fsp3) is 0.267. The number of hydrogen-bond donors (Lipinski definition) is 2. The average Bonchev–Trinajstić information content (AvgIpc) is 2.48. The number of carbonyl (C=O) groups excluding carboxylic acids is 1. The summed E-state index contributed by atoms with van der Waals surface area (Å²) in [5.74, 6) is 0.529. The zero-order chi connectivity index (χ0) is 14.5. The van der Waals surface area contributed by atoms with Crippen molar-refractivity contribution in [3.8, 4) is 0 Å². The Balaban J connectivity index is 2.22. The maximum absolute atomic E-state index is 12.2. The van der Waals surface area contributed by atoms with Crippen LogP contribution in [-0.2, 0) is 6.42 Å². The molecule has 0 fully saturated rings. The van der Waals surface area contributed by atoms with E-state index in [1.165, 1.54) is 0 Å². The van der Waals surface area contributed by atoms with Crippen molar-refractivity contribution in [3.05, 3.63) is 47.4 Å². The van der Waals surface area contributed by atoms with Gasteiger partial charge in [-0.15, -0.1) is 0 Å². The third kappa shape index (κ3) is 3.32. The van der Waals surface area contributed by atoms with Crippen molar-refractivity contribution in [3.63, 3.8) is 0 Å². The second-order valence-electron chi connectivity index (χ2n) is 4.48. The van der Waals surface area contributed by atoms with Crippen LogP contribution in [0.4, 0.5) is 11.5 Å². The number of aromatic nitrogens is 2. The Kier molecular flexibility index (Phi) is 4.30. The number of carbonyl (C=O) groups is 1. The number of nitrogens with zero attached hydrogens (tertiary/aromatic N) is 2. The maximum Gasteiger partial charge on any atom is 0.255 e. The monoisotopic (exact) mass is 270 g/mol. The van der Waals surface area contributed by atoms with Crippen LogP contribution in [0.3, 0.4) is 0 Å². The molecule has 0 radical (unpaired) electrons. The van der Waals surface area contributed by atoms with Gasteiger partial charge in [0.05, 0.1) is 11.9 Å². The fourth-order valence-corrected chi connectivity index (χ4v) is 1.77. The summed E-state index contributed by atoms with van der Waals surface area (Å²) in [6.07, 6.45) is 2.43. The van der Waals surface area contributed by atoms with E-state index < -0.39 is 0 Å². The van der Waals surface area contributed by atoms with Crippen LogP contribution >= 0.6 is 0 Å². The molecule has 0 bridgehead atoms. The number of hydrogen-bond acceptors (Lipinski definition) is 4. The van der Waals surface area contributed by atoms with Gasteiger partial charge in [0.25, 0.3) is 5.91 Å². The van der Waals surface area contributed by atoms with Crippen molar-refractivity contribution >= 4 is 17.4 Å². The predicted octanol–water partition coefficient (Wildman–Crippen LogP) is 2.64. The van der Waals surface area contributed by atoms with Gasteiger partial charge in [0.2, 0.25) is 0 Å². The van der Waals surface area contributed by atoms with Gasteiger partial charge in [0.15, 0.2) is 0 Å². The van der Waals surface area contributed by atoms with Crippen LogP contribution in [-0.4, -0.2) is 22.9 Å². The number of amides is 1. The molecule has 0 aromatic carbocycles. The highest BCUT2D eigenvalue weighted by Crippen LogP contribution is 2.13. The molecular formula is C15H18N4O. The highest BCUT2D eigenvalue weighted by atomic mass is 16.1. The minimum absolute atomic E-state index is 0.163. The topological polar surface area (TPSA) is 66.9 Å². The minimum atomic E-state index is -0.163. The van der Waals surface area contributed by atoms with Crippen molar-refractivity contribution in [1.29, 1.82) is 0 Å². The van der Waals surface area contributed by atoms with Crippen LogP contribution in [0.2, 0.25) is 0 Å². The van der Waals surface area contributed by atoms with Gasteiger partial charge < -0.3 is 10.6 Å². The molecule has 0 atom stereocenters. The summed E-state index contributed by atoms with van der Waals surface area (Å²) in [5, 5.41) is 5.80. The molecular weight excluding hydrogens is 252 g/mol. The summed E-state index contributed by atoms with van der Waals surface area (Å²) in [6.45, 7) is 3.91. The molecule has 2 N–H and O–H groups in total. The van der Waals surface area contributed by atoms with Crippen LogP contribution in [0.15, 0.2) is 30.5 Å². The fourth-order valence-electron chi connectivity index (χ4n) is 1.77. The molecule has 0 aliphatic carbocycles. The normalized spacial score (nSPS) is 10.2. The van der Waals surface area contributed by atoms with Crippen molar-refractivity contribution < 1.29 is 4.79 Å². The number of nitrogens with one attached hydrogen (secondary N) is 2. The maximum atomic E-state index is 12.2. The van der Waals surface area contributed by atoms with E-state index in [1.807, 2.05) is 26.0 Å². The summed E-state index contributed by atoms with van der Waals surface area (Å²) >= 11 is 0. The van der Waals surface area contributed by atoms with Gasteiger partial charge >= 0.3 is 0 Å². The zero-order valence-corrected chi connectivity index (χ0v) is 11.9. The van der Waals surface area contributed by atoms with E-state index in [2.05, 4.69) is 20.6 Å². The van der Waals surface area contributed by atoms with Gasteiger partial charge in [0, 0.05) is 24.0 Å². The Morgan fingerprint density at radius 1 is 1.30 bits per heavy atom. The number of rotatable bonds is 4. The molecule has 2 aromatic rings. The molecule has 1 amide bonds. The molecule has 20 heavy (non-hydrogen) atoms. The minimum Gasteiger partial charge on any atom is -0.373 e.